The Labute approximate surface area is 103 Å². The second kappa shape index (κ2) is 4.14. The van der Waals surface area contributed by atoms with Crippen LogP contribution < -0.4 is 5.73 Å². The molecule has 0 aliphatic rings. The first kappa shape index (κ1) is 10.2. The Balaban J connectivity index is 2.05. The smallest absolute Gasteiger partial charge is 0.203 e. The van der Waals surface area contributed by atoms with Crippen molar-refractivity contribution in [3.05, 3.63) is 53.0 Å². The molecule has 0 amide bonds. The van der Waals surface area contributed by atoms with E-state index in [0.29, 0.717) is 5.13 Å². The van der Waals surface area contributed by atoms with Gasteiger partial charge < -0.3 is 5.73 Å². The van der Waals surface area contributed by atoms with Gasteiger partial charge in [-0.2, -0.15) is 0 Å². The van der Waals surface area contributed by atoms with Crippen molar-refractivity contribution in [3.8, 4) is 0 Å². The molecule has 0 bridgehead atoms. The lowest BCUT2D eigenvalue weighted by molar-refractivity contribution is 1.01. The molecular weight excluding hydrogens is 230 g/mol. The highest BCUT2D eigenvalue weighted by Crippen LogP contribution is 2.22. The highest BCUT2D eigenvalue weighted by molar-refractivity contribution is 7.15. The molecule has 1 heterocycles. The van der Waals surface area contributed by atoms with E-state index in [1.165, 1.54) is 27.7 Å². The van der Waals surface area contributed by atoms with Gasteiger partial charge in [-0.3, -0.25) is 0 Å². The molecule has 2 aromatic carbocycles. The zero-order chi connectivity index (χ0) is 11.7. The maximum atomic E-state index is 5.59. The highest BCUT2D eigenvalue weighted by atomic mass is 32.1. The van der Waals surface area contributed by atoms with E-state index >= 15 is 0 Å². The Bertz CT molecular complexity index is 655. The number of nitrogens with zero attached hydrogens (tertiary/aromatic N) is 2. The van der Waals surface area contributed by atoms with Gasteiger partial charge in [0.15, 0.2) is 0 Å². The van der Waals surface area contributed by atoms with Crippen LogP contribution in [0.2, 0.25) is 0 Å². The fourth-order valence-electron chi connectivity index (χ4n) is 1.95. The predicted molar refractivity (Wildman–Crippen MR) is 71.1 cm³/mol. The van der Waals surface area contributed by atoms with Crippen LogP contribution in [-0.2, 0) is 6.42 Å². The molecule has 0 fully saturated rings. The summed E-state index contributed by atoms with van der Waals surface area (Å²) in [5.41, 5.74) is 6.85. The van der Waals surface area contributed by atoms with Crippen LogP contribution in [0.5, 0.6) is 0 Å². The van der Waals surface area contributed by atoms with Gasteiger partial charge >= 0.3 is 0 Å². The largest absolute Gasteiger partial charge is 0.374 e. The van der Waals surface area contributed by atoms with Gasteiger partial charge in [0.25, 0.3) is 0 Å². The molecule has 17 heavy (non-hydrogen) atoms. The number of aromatic nitrogens is 2. The normalized spacial score (nSPS) is 10.8. The molecule has 1 aromatic heterocycles. The van der Waals surface area contributed by atoms with Crippen LogP contribution in [0.4, 0.5) is 5.13 Å². The first-order valence-corrected chi connectivity index (χ1v) is 6.19. The molecule has 0 aliphatic carbocycles. The van der Waals surface area contributed by atoms with Crippen molar-refractivity contribution in [2.45, 2.75) is 6.42 Å². The fourth-order valence-corrected chi connectivity index (χ4v) is 2.58. The summed E-state index contributed by atoms with van der Waals surface area (Å²) >= 11 is 1.45. The lowest BCUT2D eigenvalue weighted by Gasteiger charge is -2.03. The molecule has 0 atom stereocenters. The summed E-state index contributed by atoms with van der Waals surface area (Å²) in [6.07, 6.45) is 0.788. The minimum absolute atomic E-state index is 0.528. The number of anilines is 1. The first-order valence-electron chi connectivity index (χ1n) is 5.37. The summed E-state index contributed by atoms with van der Waals surface area (Å²) < 4.78 is 0. The maximum Gasteiger partial charge on any atom is 0.203 e. The summed E-state index contributed by atoms with van der Waals surface area (Å²) in [7, 11) is 0. The average molecular weight is 241 g/mol. The van der Waals surface area contributed by atoms with Crippen LogP contribution in [0.15, 0.2) is 42.5 Å². The third kappa shape index (κ3) is 1.99. The van der Waals surface area contributed by atoms with Gasteiger partial charge in [-0.25, -0.2) is 0 Å². The fraction of sp³-hybridized carbons (Fsp3) is 0.0769. The summed E-state index contributed by atoms with van der Waals surface area (Å²) in [6, 6.07) is 14.7. The number of fused-ring (bicyclic) bond motifs is 1. The van der Waals surface area contributed by atoms with Crippen LogP contribution in [0.25, 0.3) is 10.8 Å². The van der Waals surface area contributed by atoms with E-state index in [1.54, 1.807) is 0 Å². The second-order valence-electron chi connectivity index (χ2n) is 3.85. The van der Waals surface area contributed by atoms with Crippen molar-refractivity contribution in [2.24, 2.45) is 0 Å². The van der Waals surface area contributed by atoms with Crippen molar-refractivity contribution >= 4 is 27.2 Å². The van der Waals surface area contributed by atoms with E-state index in [4.69, 9.17) is 5.73 Å². The van der Waals surface area contributed by atoms with Gasteiger partial charge in [0.1, 0.15) is 5.01 Å². The molecule has 4 heteroatoms. The topological polar surface area (TPSA) is 51.8 Å². The SMILES string of the molecule is Nc1nnc(Cc2cccc3ccccc23)s1. The van der Waals surface area contributed by atoms with Crippen molar-refractivity contribution in [2.75, 3.05) is 5.73 Å². The summed E-state index contributed by atoms with van der Waals surface area (Å²) in [5.74, 6) is 0. The van der Waals surface area contributed by atoms with E-state index in [-0.39, 0.29) is 0 Å². The van der Waals surface area contributed by atoms with Crippen LogP contribution in [0, 0.1) is 0 Å². The summed E-state index contributed by atoms with van der Waals surface area (Å²) in [6.45, 7) is 0. The van der Waals surface area contributed by atoms with Crippen molar-refractivity contribution < 1.29 is 0 Å². The molecule has 0 radical (unpaired) electrons. The highest BCUT2D eigenvalue weighted by Gasteiger charge is 2.05. The molecular formula is C13H11N3S. The monoisotopic (exact) mass is 241 g/mol. The standard InChI is InChI=1S/C13H11N3S/c14-13-16-15-12(17-13)8-10-6-3-5-9-4-1-2-7-11(9)10/h1-7H,8H2,(H2,14,16). The van der Waals surface area contributed by atoms with Crippen LogP contribution in [0.3, 0.4) is 0 Å². The quantitative estimate of drug-likeness (QED) is 0.750. The molecule has 3 aromatic rings. The molecule has 0 saturated carbocycles. The third-order valence-corrected chi connectivity index (χ3v) is 3.46. The van der Waals surface area contributed by atoms with Crippen LogP contribution in [0.1, 0.15) is 10.6 Å². The van der Waals surface area contributed by atoms with Gasteiger partial charge in [-0.15, -0.1) is 10.2 Å². The number of rotatable bonds is 2. The van der Waals surface area contributed by atoms with E-state index < -0.39 is 0 Å². The minimum Gasteiger partial charge on any atom is -0.374 e. The number of hydrogen-bond acceptors (Lipinski definition) is 4. The average Bonchev–Trinajstić information content (AvgIpc) is 2.75. The molecule has 0 spiro atoms. The van der Waals surface area contributed by atoms with E-state index in [9.17, 15) is 0 Å². The Morgan fingerprint density at radius 1 is 1.00 bits per heavy atom. The third-order valence-electron chi connectivity index (χ3n) is 2.70. The van der Waals surface area contributed by atoms with Crippen LogP contribution >= 0.6 is 11.3 Å². The zero-order valence-corrected chi connectivity index (χ0v) is 9.95. The summed E-state index contributed by atoms with van der Waals surface area (Å²) in [5, 5.41) is 11.9. The van der Waals surface area contributed by atoms with Crippen LogP contribution in [-0.4, -0.2) is 10.2 Å². The molecule has 0 saturated heterocycles. The van der Waals surface area contributed by atoms with E-state index in [0.717, 1.165) is 11.4 Å². The van der Waals surface area contributed by atoms with E-state index in [2.05, 4.69) is 52.7 Å². The Kier molecular flexibility index (Phi) is 2.49. The van der Waals surface area contributed by atoms with Crippen molar-refractivity contribution in [3.63, 3.8) is 0 Å². The molecule has 3 nitrogen and oxygen atoms in total. The van der Waals surface area contributed by atoms with E-state index in [1.807, 2.05) is 0 Å². The van der Waals surface area contributed by atoms with Crippen molar-refractivity contribution in [1.82, 2.24) is 10.2 Å². The number of nitrogens with two attached hydrogens (primary N) is 1. The van der Waals surface area contributed by atoms with Gasteiger partial charge in [-0.05, 0) is 16.3 Å². The lowest BCUT2D eigenvalue weighted by atomic mass is 10.0. The number of hydrogen-bond donors (Lipinski definition) is 1. The zero-order valence-electron chi connectivity index (χ0n) is 9.13. The summed E-state index contributed by atoms with van der Waals surface area (Å²) in [4.78, 5) is 0. The molecule has 0 aliphatic heterocycles. The molecule has 3 rings (SSSR count). The molecule has 84 valence electrons. The maximum absolute atomic E-state index is 5.59. The number of nitrogen functional groups attached to an aromatic ring is 1. The Hall–Kier alpha value is -1.94. The van der Waals surface area contributed by atoms with Crippen molar-refractivity contribution in [1.29, 1.82) is 0 Å². The molecule has 2 N–H and O–H groups in total. The van der Waals surface area contributed by atoms with Gasteiger partial charge in [0, 0.05) is 6.42 Å². The van der Waals surface area contributed by atoms with Gasteiger partial charge in [0.05, 0.1) is 0 Å². The van der Waals surface area contributed by atoms with Gasteiger partial charge in [-0.1, -0.05) is 53.8 Å². The lowest BCUT2D eigenvalue weighted by Crippen LogP contribution is -1.89. The Morgan fingerprint density at radius 2 is 1.82 bits per heavy atom. The predicted octanol–water partition coefficient (Wildman–Crippen LogP) is 2.86. The number of benzene rings is 2. The molecule has 0 unspecified atom stereocenters. The Morgan fingerprint density at radius 3 is 2.65 bits per heavy atom. The second-order valence-corrected chi connectivity index (χ2v) is 4.94. The van der Waals surface area contributed by atoms with Gasteiger partial charge in [0.2, 0.25) is 5.13 Å². The minimum atomic E-state index is 0.528. The first-order chi connectivity index (χ1) is 8.33.